The van der Waals surface area contributed by atoms with Crippen LogP contribution in [0.4, 0.5) is 0 Å². The largest absolute Gasteiger partial charge is 0.455 e. The van der Waals surface area contributed by atoms with Gasteiger partial charge in [0.15, 0.2) is 16.6 Å². The minimum atomic E-state index is -1.89. The van der Waals surface area contributed by atoms with Crippen LogP contribution in [0.5, 0.6) is 0 Å². The highest BCUT2D eigenvalue weighted by atomic mass is 28.4. The fraction of sp³-hybridized carbons (Fsp3) is 0.333. The van der Waals surface area contributed by atoms with Crippen LogP contribution >= 0.6 is 0 Å². The molecule has 112 valence electrons. The first-order valence-corrected chi connectivity index (χ1v) is 14.0. The Kier molecular flexibility index (Phi) is 4.86. The molecule has 0 saturated heterocycles. The van der Waals surface area contributed by atoms with E-state index in [1.807, 2.05) is 0 Å². The Morgan fingerprint density at radius 3 is 1.38 bits per heavy atom. The van der Waals surface area contributed by atoms with Gasteiger partial charge in [-0.2, -0.15) is 0 Å². The molecule has 2 aromatic rings. The van der Waals surface area contributed by atoms with Crippen molar-refractivity contribution in [2.75, 3.05) is 0 Å². The Labute approximate surface area is 131 Å². The lowest BCUT2D eigenvalue weighted by Crippen LogP contribution is -2.47. The zero-order valence-electron chi connectivity index (χ0n) is 13.8. The average Bonchev–Trinajstić information content (AvgIpc) is 2.38. The molecule has 0 amide bonds. The molecule has 1 nitrogen and oxygen atoms in total. The van der Waals surface area contributed by atoms with E-state index in [0.717, 1.165) is 0 Å². The molecule has 0 aromatic heterocycles. The second-order valence-electron chi connectivity index (χ2n) is 7.07. The van der Waals surface area contributed by atoms with Crippen molar-refractivity contribution in [1.29, 1.82) is 0 Å². The van der Waals surface area contributed by atoms with Gasteiger partial charge in [-0.1, -0.05) is 60.7 Å². The summed E-state index contributed by atoms with van der Waals surface area (Å²) in [6.07, 6.45) is 0. The molecule has 0 bridgehead atoms. The van der Waals surface area contributed by atoms with Gasteiger partial charge >= 0.3 is 0 Å². The quantitative estimate of drug-likeness (QED) is 0.670. The molecule has 2 rings (SSSR count). The van der Waals surface area contributed by atoms with Crippen molar-refractivity contribution >= 4 is 16.6 Å². The molecule has 2 aromatic carbocycles. The molecule has 21 heavy (non-hydrogen) atoms. The van der Waals surface area contributed by atoms with E-state index in [4.69, 9.17) is 4.12 Å². The second-order valence-corrected chi connectivity index (χ2v) is 15.9. The van der Waals surface area contributed by atoms with Crippen molar-refractivity contribution in [3.8, 4) is 0 Å². The van der Waals surface area contributed by atoms with Gasteiger partial charge in [0, 0.05) is 5.54 Å². The van der Waals surface area contributed by atoms with E-state index < -0.39 is 16.6 Å². The topological polar surface area (TPSA) is 9.23 Å². The highest BCUT2D eigenvalue weighted by Crippen LogP contribution is 2.36. The molecule has 0 unspecified atom stereocenters. The molecule has 0 saturated carbocycles. The van der Waals surface area contributed by atoms with Crippen LogP contribution in [-0.4, -0.2) is 16.6 Å². The summed E-state index contributed by atoms with van der Waals surface area (Å²) in [6, 6.07) is 21.6. The molecule has 3 heteroatoms. The Morgan fingerprint density at radius 2 is 1.05 bits per heavy atom. The molecule has 0 N–H and O–H groups in total. The number of hydrogen-bond donors (Lipinski definition) is 0. The van der Waals surface area contributed by atoms with E-state index in [1.165, 1.54) is 11.1 Å². The fourth-order valence-corrected chi connectivity index (χ4v) is 11.9. The monoisotopic (exact) mass is 314 g/mol. The van der Waals surface area contributed by atoms with Gasteiger partial charge in [0.1, 0.15) is 0 Å². The van der Waals surface area contributed by atoms with Crippen LogP contribution < -0.4 is 0 Å². The van der Waals surface area contributed by atoms with Crippen LogP contribution in [-0.2, 0) is 4.12 Å². The van der Waals surface area contributed by atoms with E-state index in [0.29, 0.717) is 5.54 Å². The summed E-state index contributed by atoms with van der Waals surface area (Å²) in [7, 11) is -3.45. The second kappa shape index (κ2) is 6.30. The maximum atomic E-state index is 6.67. The van der Waals surface area contributed by atoms with Gasteiger partial charge in [-0.25, -0.2) is 0 Å². The van der Waals surface area contributed by atoms with Crippen LogP contribution in [0, 0.1) is 0 Å². The van der Waals surface area contributed by atoms with Gasteiger partial charge in [0.2, 0.25) is 0 Å². The third-order valence-corrected chi connectivity index (χ3v) is 10.1. The molecule has 0 aliphatic heterocycles. The summed E-state index contributed by atoms with van der Waals surface area (Å²) in [6.45, 7) is 11.6. The Bertz CT molecular complexity index is 519. The van der Waals surface area contributed by atoms with E-state index >= 15 is 0 Å². The molecule has 0 radical (unpaired) electrons. The number of rotatable bonds is 5. The van der Waals surface area contributed by atoms with Crippen molar-refractivity contribution in [1.82, 2.24) is 0 Å². The van der Waals surface area contributed by atoms with Crippen LogP contribution in [0.1, 0.15) is 16.7 Å². The van der Waals surface area contributed by atoms with E-state index in [-0.39, 0.29) is 0 Å². The van der Waals surface area contributed by atoms with Crippen molar-refractivity contribution in [3.63, 3.8) is 0 Å². The minimum Gasteiger partial charge on any atom is -0.455 e. The summed E-state index contributed by atoms with van der Waals surface area (Å²) in [4.78, 5) is 0. The van der Waals surface area contributed by atoms with E-state index in [2.05, 4.69) is 93.4 Å². The van der Waals surface area contributed by atoms with Crippen molar-refractivity contribution < 1.29 is 4.12 Å². The average molecular weight is 315 g/mol. The smallest absolute Gasteiger partial charge is 0.185 e. The maximum absolute atomic E-state index is 6.67. The molecule has 0 atom stereocenters. The Balaban J connectivity index is 2.47. The Hall–Kier alpha value is -1.17. The van der Waals surface area contributed by atoms with Gasteiger partial charge in [-0.3, -0.25) is 0 Å². The first kappa shape index (κ1) is 16.2. The zero-order valence-corrected chi connectivity index (χ0v) is 15.8. The van der Waals surface area contributed by atoms with Crippen molar-refractivity contribution in [2.45, 2.75) is 38.3 Å². The Morgan fingerprint density at radius 1 is 0.667 bits per heavy atom. The fourth-order valence-electron chi connectivity index (χ4n) is 3.13. The molecule has 0 heterocycles. The normalized spacial score (nSPS) is 12.7. The van der Waals surface area contributed by atoms with Gasteiger partial charge in [-0.15, -0.1) is 0 Å². The summed E-state index contributed by atoms with van der Waals surface area (Å²) >= 11 is 0. The summed E-state index contributed by atoms with van der Waals surface area (Å²) in [5.41, 5.74) is 3.13. The highest BCUT2D eigenvalue weighted by Gasteiger charge is 2.39. The van der Waals surface area contributed by atoms with E-state index in [1.54, 1.807) is 0 Å². The summed E-state index contributed by atoms with van der Waals surface area (Å²) < 4.78 is 6.67. The molecular weight excluding hydrogens is 288 g/mol. The number of hydrogen-bond acceptors (Lipinski definition) is 1. The predicted molar refractivity (Wildman–Crippen MR) is 96.6 cm³/mol. The van der Waals surface area contributed by atoms with Gasteiger partial charge in [0.05, 0.1) is 0 Å². The summed E-state index contributed by atoms with van der Waals surface area (Å²) in [5, 5.41) is 0. The lowest BCUT2D eigenvalue weighted by Gasteiger charge is -2.38. The molecule has 0 spiro atoms. The van der Waals surface area contributed by atoms with Gasteiger partial charge < -0.3 is 4.12 Å². The van der Waals surface area contributed by atoms with Crippen molar-refractivity contribution in [3.05, 3.63) is 71.8 Å². The van der Waals surface area contributed by atoms with Crippen LogP contribution in [0.2, 0.25) is 32.7 Å². The number of benzene rings is 2. The molecule has 0 aliphatic rings. The lowest BCUT2D eigenvalue weighted by atomic mass is 10.0. The SMILES string of the molecule is C[Si](C)(C)O[Si](C)(C)C(c1ccccc1)c1ccccc1. The lowest BCUT2D eigenvalue weighted by molar-refractivity contribution is 0.537. The van der Waals surface area contributed by atoms with Crippen LogP contribution in [0.3, 0.4) is 0 Å². The molecule has 0 fully saturated rings. The van der Waals surface area contributed by atoms with E-state index in [9.17, 15) is 0 Å². The predicted octanol–water partition coefficient (Wildman–Crippen LogP) is 5.41. The zero-order chi connectivity index (χ0) is 15.5. The maximum Gasteiger partial charge on any atom is 0.185 e. The third-order valence-electron chi connectivity index (χ3n) is 3.53. The standard InChI is InChI=1S/C18H26OSi2/c1-20(2,3)19-21(4,5)18(16-12-8-6-9-13-16)17-14-10-7-11-15-17/h6-15,18H,1-5H3. The minimum absolute atomic E-state index is 0.381. The van der Waals surface area contributed by atoms with Gasteiger partial charge in [-0.05, 0) is 43.9 Å². The molecule has 0 aliphatic carbocycles. The third kappa shape index (κ3) is 4.40. The first-order chi connectivity index (χ1) is 9.80. The highest BCUT2D eigenvalue weighted by molar-refractivity contribution is 6.85. The van der Waals surface area contributed by atoms with Crippen molar-refractivity contribution in [2.24, 2.45) is 0 Å². The van der Waals surface area contributed by atoms with Gasteiger partial charge in [0.25, 0.3) is 0 Å². The van der Waals surface area contributed by atoms with Crippen LogP contribution in [0.25, 0.3) is 0 Å². The molecular formula is C18H26OSi2. The first-order valence-electron chi connectivity index (χ1n) is 7.60. The van der Waals surface area contributed by atoms with Crippen LogP contribution in [0.15, 0.2) is 60.7 Å². The summed E-state index contributed by atoms with van der Waals surface area (Å²) in [5.74, 6) is 0.